The van der Waals surface area contributed by atoms with Crippen LogP contribution in [0.5, 0.6) is 0 Å². The predicted octanol–water partition coefficient (Wildman–Crippen LogP) is 2.59. The van der Waals surface area contributed by atoms with Crippen LogP contribution in [0.15, 0.2) is 28.9 Å². The van der Waals surface area contributed by atoms with Gasteiger partial charge in [0.05, 0.1) is 18.8 Å². The number of aromatic nitrogens is 1. The van der Waals surface area contributed by atoms with Gasteiger partial charge in [0, 0.05) is 12.4 Å². The van der Waals surface area contributed by atoms with Crippen LogP contribution in [-0.4, -0.2) is 36.0 Å². The quantitative estimate of drug-likeness (QED) is 0.801. The Balaban J connectivity index is 2.43. The number of rotatable bonds is 6. The predicted molar refractivity (Wildman–Crippen MR) is 87.5 cm³/mol. The number of hydrogen-bond acceptors (Lipinski definition) is 7. The molecule has 8 nitrogen and oxygen atoms in total. The molecule has 0 aliphatic carbocycles. The molecule has 0 aromatic carbocycles. The minimum Gasteiger partial charge on any atom is -0.462 e. The number of pyridine rings is 1. The monoisotopic (exact) mass is 346 g/mol. The lowest BCUT2D eigenvalue weighted by atomic mass is 10.1. The van der Waals surface area contributed by atoms with Gasteiger partial charge in [0.25, 0.3) is 5.91 Å². The highest BCUT2D eigenvalue weighted by Gasteiger charge is 2.31. The van der Waals surface area contributed by atoms with Crippen molar-refractivity contribution in [2.75, 3.05) is 18.5 Å². The van der Waals surface area contributed by atoms with E-state index >= 15 is 0 Å². The van der Waals surface area contributed by atoms with E-state index in [0.717, 1.165) is 0 Å². The summed E-state index contributed by atoms with van der Waals surface area (Å²) < 4.78 is 15.3. The summed E-state index contributed by atoms with van der Waals surface area (Å²) in [6, 6.07) is 3.15. The molecule has 0 saturated heterocycles. The number of anilines is 1. The number of carbonyl (C=O) groups is 3. The van der Waals surface area contributed by atoms with E-state index in [2.05, 4.69) is 10.3 Å². The van der Waals surface area contributed by atoms with Crippen molar-refractivity contribution in [1.29, 1.82) is 0 Å². The van der Waals surface area contributed by atoms with Gasteiger partial charge < -0.3 is 13.9 Å². The normalized spacial score (nSPS) is 10.2. The number of esters is 2. The highest BCUT2D eigenvalue weighted by molar-refractivity contribution is 6.11. The molecule has 0 radical (unpaired) electrons. The van der Waals surface area contributed by atoms with Crippen LogP contribution in [0.2, 0.25) is 0 Å². The van der Waals surface area contributed by atoms with Gasteiger partial charge in [-0.1, -0.05) is 0 Å². The smallest absolute Gasteiger partial charge is 0.344 e. The van der Waals surface area contributed by atoms with Gasteiger partial charge in [-0.05, 0) is 32.9 Å². The lowest BCUT2D eigenvalue weighted by Gasteiger charge is -2.06. The van der Waals surface area contributed by atoms with E-state index in [1.165, 1.54) is 19.3 Å². The average Bonchev–Trinajstić information content (AvgIpc) is 2.92. The van der Waals surface area contributed by atoms with Gasteiger partial charge in [-0.3, -0.25) is 15.1 Å². The molecule has 132 valence electrons. The van der Waals surface area contributed by atoms with Crippen molar-refractivity contribution in [2.24, 2.45) is 0 Å². The second-order valence-corrected chi connectivity index (χ2v) is 4.87. The summed E-state index contributed by atoms with van der Waals surface area (Å²) in [6.07, 6.45) is 2.89. The highest BCUT2D eigenvalue weighted by Crippen LogP contribution is 2.29. The van der Waals surface area contributed by atoms with Gasteiger partial charge in [-0.25, -0.2) is 9.59 Å². The Morgan fingerprint density at radius 2 is 1.76 bits per heavy atom. The van der Waals surface area contributed by atoms with Crippen LogP contribution in [0.1, 0.15) is 50.7 Å². The highest BCUT2D eigenvalue weighted by atomic mass is 16.5. The maximum absolute atomic E-state index is 12.3. The summed E-state index contributed by atoms with van der Waals surface area (Å²) in [5, 5.41) is 2.47. The lowest BCUT2D eigenvalue weighted by molar-refractivity contribution is 0.0480. The molecule has 2 rings (SSSR count). The fourth-order valence-corrected chi connectivity index (χ4v) is 2.15. The number of furan rings is 1. The van der Waals surface area contributed by atoms with E-state index in [0.29, 0.717) is 0 Å². The van der Waals surface area contributed by atoms with Crippen molar-refractivity contribution in [3.8, 4) is 0 Å². The largest absolute Gasteiger partial charge is 0.462 e. The number of nitrogens with one attached hydrogen (secondary N) is 1. The number of aryl methyl sites for hydroxylation is 1. The molecule has 1 amide bonds. The molecule has 2 heterocycles. The summed E-state index contributed by atoms with van der Waals surface area (Å²) in [4.78, 5) is 40.6. The molecule has 2 aromatic heterocycles. The van der Waals surface area contributed by atoms with E-state index in [1.807, 2.05) is 0 Å². The Hall–Kier alpha value is -3.16. The van der Waals surface area contributed by atoms with Gasteiger partial charge in [-0.2, -0.15) is 0 Å². The second-order valence-electron chi connectivity index (χ2n) is 4.87. The molecule has 0 aliphatic rings. The Morgan fingerprint density at radius 1 is 1.12 bits per heavy atom. The fourth-order valence-electron chi connectivity index (χ4n) is 2.15. The molecular formula is C17H18N2O6. The third-order valence-corrected chi connectivity index (χ3v) is 3.19. The van der Waals surface area contributed by atoms with Crippen LogP contribution in [-0.2, 0) is 9.47 Å². The van der Waals surface area contributed by atoms with Gasteiger partial charge in [0.2, 0.25) is 5.88 Å². The van der Waals surface area contributed by atoms with Crippen LogP contribution in [0.4, 0.5) is 5.88 Å². The zero-order valence-corrected chi connectivity index (χ0v) is 14.1. The third-order valence-electron chi connectivity index (χ3n) is 3.19. The molecule has 8 heteroatoms. The molecule has 0 aliphatic heterocycles. The zero-order valence-electron chi connectivity index (χ0n) is 14.1. The molecule has 0 unspecified atom stereocenters. The number of ether oxygens (including phenoxy) is 2. The number of carbonyl (C=O) groups excluding carboxylic acids is 3. The van der Waals surface area contributed by atoms with Gasteiger partial charge in [0.1, 0.15) is 16.9 Å². The fraction of sp³-hybridized carbons (Fsp3) is 0.294. The van der Waals surface area contributed by atoms with E-state index in [1.54, 1.807) is 26.0 Å². The van der Waals surface area contributed by atoms with Crippen LogP contribution >= 0.6 is 0 Å². The first-order valence-electron chi connectivity index (χ1n) is 7.68. The Morgan fingerprint density at radius 3 is 2.32 bits per heavy atom. The van der Waals surface area contributed by atoms with Crippen molar-refractivity contribution < 1.29 is 28.3 Å². The SMILES string of the molecule is CCOC(=O)c1c(C)oc(NC(=O)c2cccnc2)c1C(=O)OCC. The third kappa shape index (κ3) is 4.03. The van der Waals surface area contributed by atoms with Gasteiger partial charge in [-0.15, -0.1) is 0 Å². The average molecular weight is 346 g/mol. The topological polar surface area (TPSA) is 108 Å². The maximum Gasteiger partial charge on any atom is 0.344 e. The van der Waals surface area contributed by atoms with E-state index in [9.17, 15) is 14.4 Å². The minimum atomic E-state index is -0.788. The van der Waals surface area contributed by atoms with Gasteiger partial charge in [0.15, 0.2) is 0 Å². The first kappa shape index (κ1) is 18.2. The molecule has 2 aromatic rings. The molecule has 25 heavy (non-hydrogen) atoms. The van der Waals surface area contributed by atoms with Crippen LogP contribution in [0, 0.1) is 6.92 Å². The number of hydrogen-bond donors (Lipinski definition) is 1. The molecule has 0 bridgehead atoms. The van der Waals surface area contributed by atoms with Gasteiger partial charge >= 0.3 is 11.9 Å². The van der Waals surface area contributed by atoms with Crippen molar-refractivity contribution >= 4 is 23.7 Å². The molecule has 0 fully saturated rings. The molecule has 0 saturated carbocycles. The molecular weight excluding hydrogens is 328 g/mol. The van der Waals surface area contributed by atoms with E-state index in [4.69, 9.17) is 13.9 Å². The van der Waals surface area contributed by atoms with E-state index < -0.39 is 17.8 Å². The second kappa shape index (κ2) is 8.09. The molecule has 0 spiro atoms. The zero-order chi connectivity index (χ0) is 18.4. The first-order valence-corrected chi connectivity index (χ1v) is 7.68. The summed E-state index contributed by atoms with van der Waals surface area (Å²) in [6.45, 7) is 4.99. The van der Waals surface area contributed by atoms with Crippen LogP contribution in [0.3, 0.4) is 0 Å². The Kier molecular flexibility index (Phi) is 5.89. The van der Waals surface area contributed by atoms with Crippen LogP contribution < -0.4 is 5.32 Å². The van der Waals surface area contributed by atoms with E-state index in [-0.39, 0.29) is 41.5 Å². The first-order chi connectivity index (χ1) is 12.0. The maximum atomic E-state index is 12.3. The van der Waals surface area contributed by atoms with Crippen LogP contribution in [0.25, 0.3) is 0 Å². The summed E-state index contributed by atoms with van der Waals surface area (Å²) in [7, 11) is 0. The summed E-state index contributed by atoms with van der Waals surface area (Å²) in [5.41, 5.74) is 0.0286. The lowest BCUT2D eigenvalue weighted by Crippen LogP contribution is -2.17. The number of nitrogens with zero attached hydrogens (tertiary/aromatic N) is 1. The summed E-state index contributed by atoms with van der Waals surface area (Å²) in [5.74, 6) is -2.09. The Labute approximate surface area is 144 Å². The Bertz CT molecular complexity index is 782. The molecule has 1 N–H and O–H groups in total. The standard InChI is InChI=1S/C17H18N2O6/c1-4-23-16(21)12-10(3)25-15(13(12)17(22)24-5-2)19-14(20)11-7-6-8-18-9-11/h6-9H,4-5H2,1-3H3,(H,19,20). The minimum absolute atomic E-state index is 0.0678. The number of amides is 1. The van der Waals surface area contributed by atoms with Crippen molar-refractivity contribution in [3.63, 3.8) is 0 Å². The molecule has 0 atom stereocenters. The van der Waals surface area contributed by atoms with Crippen molar-refractivity contribution in [1.82, 2.24) is 4.98 Å². The van der Waals surface area contributed by atoms with Crippen molar-refractivity contribution in [3.05, 3.63) is 47.0 Å². The summed E-state index contributed by atoms with van der Waals surface area (Å²) >= 11 is 0. The van der Waals surface area contributed by atoms with Crippen molar-refractivity contribution in [2.45, 2.75) is 20.8 Å².